The van der Waals surface area contributed by atoms with Gasteiger partial charge in [-0.15, -0.1) is 0 Å². The topological polar surface area (TPSA) is 33.6 Å². The van der Waals surface area contributed by atoms with Crippen molar-refractivity contribution in [2.75, 3.05) is 13.7 Å². The second kappa shape index (κ2) is 2.53. The molecule has 1 rings (SSSR count). The zero-order valence-electron chi connectivity index (χ0n) is 5.64. The van der Waals surface area contributed by atoms with Crippen LogP contribution in [-0.2, 0) is 4.74 Å². The van der Waals surface area contributed by atoms with Gasteiger partial charge in [0.25, 0.3) is 6.02 Å². The standard InChI is InChI=1S/C6H10N2O/c1-5-3-8-6(7-2)9-4-5/h3H,4H2,1-2H3,(H,7,8). The Morgan fingerprint density at radius 2 is 2.56 bits per heavy atom. The molecule has 1 N–H and O–H groups in total. The average molecular weight is 126 g/mol. The molecular formula is C6H10N2O. The summed E-state index contributed by atoms with van der Waals surface area (Å²) in [5.41, 5.74) is 1.18. The molecule has 1 aliphatic rings. The van der Waals surface area contributed by atoms with Gasteiger partial charge in [0.2, 0.25) is 0 Å². The number of nitrogens with zero attached hydrogens (tertiary/aromatic N) is 1. The summed E-state index contributed by atoms with van der Waals surface area (Å²) in [6, 6.07) is 0.598. The third-order valence-corrected chi connectivity index (χ3v) is 1.08. The van der Waals surface area contributed by atoms with Crippen molar-refractivity contribution in [3.63, 3.8) is 0 Å². The first-order valence-corrected chi connectivity index (χ1v) is 2.84. The lowest BCUT2D eigenvalue weighted by Crippen LogP contribution is -2.26. The normalized spacial score (nSPS) is 22.4. The largest absolute Gasteiger partial charge is 0.461 e. The Morgan fingerprint density at radius 1 is 1.78 bits per heavy atom. The van der Waals surface area contributed by atoms with Crippen LogP contribution < -0.4 is 5.32 Å². The first-order chi connectivity index (χ1) is 4.33. The van der Waals surface area contributed by atoms with E-state index >= 15 is 0 Å². The van der Waals surface area contributed by atoms with E-state index in [9.17, 15) is 0 Å². The van der Waals surface area contributed by atoms with E-state index in [0.29, 0.717) is 12.6 Å². The third-order valence-electron chi connectivity index (χ3n) is 1.08. The molecule has 1 heterocycles. The lowest BCUT2D eigenvalue weighted by molar-refractivity contribution is 0.315. The van der Waals surface area contributed by atoms with Crippen LogP contribution in [0.5, 0.6) is 0 Å². The maximum absolute atomic E-state index is 5.11. The summed E-state index contributed by atoms with van der Waals surface area (Å²) < 4.78 is 5.11. The first-order valence-electron chi connectivity index (χ1n) is 2.84. The van der Waals surface area contributed by atoms with E-state index in [4.69, 9.17) is 4.74 Å². The first kappa shape index (κ1) is 6.13. The summed E-state index contributed by atoms with van der Waals surface area (Å²) in [4.78, 5) is 3.82. The maximum atomic E-state index is 5.11. The predicted molar refractivity (Wildman–Crippen MR) is 36.2 cm³/mol. The summed E-state index contributed by atoms with van der Waals surface area (Å²) in [6.07, 6.45) is 1.89. The van der Waals surface area contributed by atoms with Gasteiger partial charge in [-0.05, 0) is 12.5 Å². The SMILES string of the molecule is CN=C1NC=C(C)CO1. The second-order valence-corrected chi connectivity index (χ2v) is 1.95. The number of hydrogen-bond donors (Lipinski definition) is 1. The van der Waals surface area contributed by atoms with Crippen LogP contribution in [0.15, 0.2) is 16.8 Å². The van der Waals surface area contributed by atoms with Crippen LogP contribution in [0, 0.1) is 0 Å². The van der Waals surface area contributed by atoms with Crippen LogP contribution in [0.3, 0.4) is 0 Å². The van der Waals surface area contributed by atoms with Crippen LogP contribution >= 0.6 is 0 Å². The number of ether oxygens (including phenoxy) is 1. The second-order valence-electron chi connectivity index (χ2n) is 1.95. The van der Waals surface area contributed by atoms with E-state index in [1.807, 2.05) is 13.1 Å². The maximum Gasteiger partial charge on any atom is 0.288 e. The molecule has 3 heteroatoms. The predicted octanol–water partition coefficient (Wildman–Crippen LogP) is 0.496. The van der Waals surface area contributed by atoms with E-state index in [1.54, 1.807) is 7.05 Å². The van der Waals surface area contributed by atoms with E-state index in [2.05, 4.69) is 10.3 Å². The minimum Gasteiger partial charge on any atom is -0.461 e. The Kier molecular flexibility index (Phi) is 1.72. The van der Waals surface area contributed by atoms with Gasteiger partial charge in [-0.1, -0.05) is 0 Å². The van der Waals surface area contributed by atoms with Crippen LogP contribution in [0.25, 0.3) is 0 Å². The van der Waals surface area contributed by atoms with Gasteiger partial charge in [0.1, 0.15) is 6.61 Å². The highest BCUT2D eigenvalue weighted by Gasteiger charge is 2.02. The molecule has 0 spiro atoms. The van der Waals surface area contributed by atoms with Crippen molar-refractivity contribution in [3.8, 4) is 0 Å². The lowest BCUT2D eigenvalue weighted by Gasteiger charge is -2.13. The van der Waals surface area contributed by atoms with Crippen molar-refractivity contribution in [1.29, 1.82) is 0 Å². The third kappa shape index (κ3) is 1.45. The van der Waals surface area contributed by atoms with Crippen molar-refractivity contribution in [3.05, 3.63) is 11.8 Å². The fourth-order valence-corrected chi connectivity index (χ4v) is 0.580. The molecule has 0 radical (unpaired) electrons. The number of aliphatic imine (C=N–C) groups is 1. The van der Waals surface area contributed by atoms with Gasteiger partial charge >= 0.3 is 0 Å². The Labute approximate surface area is 54.4 Å². The molecule has 0 aromatic rings. The molecule has 0 aromatic carbocycles. The zero-order valence-corrected chi connectivity index (χ0v) is 5.64. The minimum absolute atomic E-state index is 0.598. The van der Waals surface area contributed by atoms with Crippen molar-refractivity contribution < 1.29 is 4.74 Å². The van der Waals surface area contributed by atoms with Gasteiger partial charge in [-0.2, -0.15) is 0 Å². The summed E-state index contributed by atoms with van der Waals surface area (Å²) >= 11 is 0. The van der Waals surface area contributed by atoms with E-state index in [-0.39, 0.29) is 0 Å². The number of nitrogens with one attached hydrogen (secondary N) is 1. The molecule has 9 heavy (non-hydrogen) atoms. The molecule has 0 bridgehead atoms. The summed E-state index contributed by atoms with van der Waals surface area (Å²) in [5, 5.41) is 2.88. The lowest BCUT2D eigenvalue weighted by atomic mass is 10.3. The molecule has 0 fully saturated rings. The average Bonchev–Trinajstić information content (AvgIpc) is 1.90. The van der Waals surface area contributed by atoms with Crippen LogP contribution in [0.2, 0.25) is 0 Å². The summed E-state index contributed by atoms with van der Waals surface area (Å²) in [6.45, 7) is 2.65. The number of hydrogen-bond acceptors (Lipinski definition) is 2. The molecule has 50 valence electrons. The molecule has 0 saturated heterocycles. The quantitative estimate of drug-likeness (QED) is 0.512. The van der Waals surface area contributed by atoms with Gasteiger partial charge in [-0.25, -0.2) is 4.99 Å². The Hall–Kier alpha value is -0.990. The Bertz CT molecular complexity index is 160. The van der Waals surface area contributed by atoms with Crippen LogP contribution in [-0.4, -0.2) is 19.7 Å². The molecular weight excluding hydrogens is 116 g/mol. The summed E-state index contributed by atoms with van der Waals surface area (Å²) in [7, 11) is 1.69. The highest BCUT2D eigenvalue weighted by molar-refractivity contribution is 5.75. The molecule has 3 nitrogen and oxygen atoms in total. The Morgan fingerprint density at radius 3 is 3.00 bits per heavy atom. The van der Waals surface area contributed by atoms with Crippen LogP contribution in [0.4, 0.5) is 0 Å². The Balaban J connectivity index is 2.56. The van der Waals surface area contributed by atoms with Crippen molar-refractivity contribution in [2.45, 2.75) is 6.92 Å². The monoisotopic (exact) mass is 126 g/mol. The highest BCUT2D eigenvalue weighted by atomic mass is 16.5. The van der Waals surface area contributed by atoms with Crippen molar-refractivity contribution in [2.24, 2.45) is 4.99 Å². The van der Waals surface area contributed by atoms with Crippen LogP contribution in [0.1, 0.15) is 6.92 Å². The van der Waals surface area contributed by atoms with Gasteiger partial charge in [0.15, 0.2) is 0 Å². The fraction of sp³-hybridized carbons (Fsp3) is 0.500. The van der Waals surface area contributed by atoms with Gasteiger partial charge in [0.05, 0.1) is 0 Å². The zero-order chi connectivity index (χ0) is 6.69. The van der Waals surface area contributed by atoms with Crippen molar-refractivity contribution in [1.82, 2.24) is 5.32 Å². The van der Waals surface area contributed by atoms with Gasteiger partial charge in [-0.3, -0.25) is 0 Å². The minimum atomic E-state index is 0.598. The molecule has 0 amide bonds. The van der Waals surface area contributed by atoms with E-state index in [1.165, 1.54) is 5.57 Å². The van der Waals surface area contributed by atoms with E-state index < -0.39 is 0 Å². The summed E-state index contributed by atoms with van der Waals surface area (Å²) in [5.74, 6) is 0. The van der Waals surface area contributed by atoms with Crippen molar-refractivity contribution >= 4 is 6.02 Å². The molecule has 0 aromatic heterocycles. The smallest absolute Gasteiger partial charge is 0.288 e. The molecule has 0 aliphatic carbocycles. The molecule has 0 unspecified atom stereocenters. The fourth-order valence-electron chi connectivity index (χ4n) is 0.580. The number of amidine groups is 1. The van der Waals surface area contributed by atoms with Gasteiger partial charge in [0, 0.05) is 13.2 Å². The number of rotatable bonds is 0. The molecule has 1 aliphatic heterocycles. The molecule has 0 atom stereocenters. The van der Waals surface area contributed by atoms with E-state index in [0.717, 1.165) is 0 Å². The van der Waals surface area contributed by atoms with Gasteiger partial charge < -0.3 is 10.1 Å². The molecule has 0 saturated carbocycles. The highest BCUT2D eigenvalue weighted by Crippen LogP contribution is 1.97.